The zero-order valence-electron chi connectivity index (χ0n) is 19.0. The number of anilines is 1. The highest BCUT2D eigenvalue weighted by Gasteiger charge is 2.54. The Morgan fingerprint density at radius 3 is 2.60 bits per heavy atom. The molecule has 3 heterocycles. The number of carbonyl (C=O) groups excluding carboxylic acids is 1. The SMILES string of the molecule is CCNC(=O)Nc1cccc2c1ncn2[C@@H]1O[C@H](CP(=O)(O)O)C2OC(Cc3ccccc3)OC21. The molecular formula is C23H27N4O7P. The van der Waals surface area contributed by atoms with Gasteiger partial charge in [-0.1, -0.05) is 36.4 Å². The first kappa shape index (κ1) is 23.9. The molecule has 0 bridgehead atoms. The minimum absolute atomic E-state index is 0.343. The Morgan fingerprint density at radius 2 is 1.86 bits per heavy atom. The maximum atomic E-state index is 12.0. The second kappa shape index (κ2) is 9.69. The Labute approximate surface area is 201 Å². The lowest BCUT2D eigenvalue weighted by molar-refractivity contribution is -0.140. The van der Waals surface area contributed by atoms with Gasteiger partial charge in [0.05, 0.1) is 23.7 Å². The van der Waals surface area contributed by atoms with Crippen molar-refractivity contribution in [1.29, 1.82) is 0 Å². The number of ether oxygens (including phenoxy) is 3. The fourth-order valence-electron chi connectivity index (χ4n) is 4.60. The van der Waals surface area contributed by atoms with Crippen LogP contribution in [-0.4, -0.2) is 62.7 Å². The molecular weight excluding hydrogens is 475 g/mol. The summed E-state index contributed by atoms with van der Waals surface area (Å²) in [4.78, 5) is 35.7. The van der Waals surface area contributed by atoms with Crippen molar-refractivity contribution in [2.24, 2.45) is 0 Å². The van der Waals surface area contributed by atoms with Crippen LogP contribution in [-0.2, 0) is 25.2 Å². The Kier molecular flexibility index (Phi) is 6.63. The number of nitrogens with zero attached hydrogens (tertiary/aromatic N) is 2. The highest BCUT2D eigenvalue weighted by Crippen LogP contribution is 2.46. The van der Waals surface area contributed by atoms with Gasteiger partial charge in [0.2, 0.25) is 0 Å². The average Bonchev–Trinajstić information content (AvgIpc) is 3.49. The van der Waals surface area contributed by atoms with Crippen molar-refractivity contribution in [3.05, 3.63) is 60.4 Å². The summed E-state index contributed by atoms with van der Waals surface area (Å²) in [5.41, 5.74) is 2.78. The fraction of sp³-hybridized carbons (Fsp3) is 0.391. The number of urea groups is 1. The molecule has 2 amide bonds. The Bertz CT molecular complexity index is 1250. The van der Waals surface area contributed by atoms with Crippen molar-refractivity contribution in [2.45, 2.75) is 44.2 Å². The Balaban J connectivity index is 1.43. The van der Waals surface area contributed by atoms with Gasteiger partial charge in [-0.3, -0.25) is 4.57 Å². The standard InChI is InChI=1S/C23H27N4O7P/c1-2-24-23(28)26-15-9-6-10-16-19(15)25-13-27(16)22-21-20(17(32-22)12-35(29,30)31)33-18(34-21)11-14-7-4-3-5-8-14/h3-10,13,17-18,20-22H,2,11-12H2,1H3,(H2,24,26,28)(H2,29,30,31)/t17-,18?,20?,21?,22-/m1/s1. The number of rotatable bonds is 7. The molecule has 35 heavy (non-hydrogen) atoms. The number of carbonyl (C=O) groups is 1. The summed E-state index contributed by atoms with van der Waals surface area (Å²) >= 11 is 0. The summed E-state index contributed by atoms with van der Waals surface area (Å²) in [6.07, 6.45) is -1.83. The molecule has 0 saturated carbocycles. The summed E-state index contributed by atoms with van der Waals surface area (Å²) in [6.45, 7) is 2.31. The first-order valence-electron chi connectivity index (χ1n) is 11.4. The number of hydrogen-bond acceptors (Lipinski definition) is 6. The van der Waals surface area contributed by atoms with E-state index in [0.29, 0.717) is 29.7 Å². The van der Waals surface area contributed by atoms with E-state index in [0.717, 1.165) is 5.56 Å². The number of para-hydroxylation sites is 1. The van der Waals surface area contributed by atoms with Gasteiger partial charge in [-0.15, -0.1) is 0 Å². The van der Waals surface area contributed by atoms with Crippen LogP contribution in [0.3, 0.4) is 0 Å². The lowest BCUT2D eigenvalue weighted by Gasteiger charge is -2.22. The zero-order chi connectivity index (χ0) is 24.6. The molecule has 186 valence electrons. The van der Waals surface area contributed by atoms with E-state index < -0.39 is 44.6 Å². The molecule has 2 aliphatic rings. The molecule has 5 atom stereocenters. The number of amides is 2. The van der Waals surface area contributed by atoms with Crippen LogP contribution in [0.15, 0.2) is 54.9 Å². The van der Waals surface area contributed by atoms with Crippen molar-refractivity contribution < 1.29 is 33.4 Å². The van der Waals surface area contributed by atoms with Crippen LogP contribution in [0.25, 0.3) is 11.0 Å². The van der Waals surface area contributed by atoms with E-state index in [2.05, 4.69) is 15.6 Å². The smallest absolute Gasteiger partial charge is 0.328 e. The molecule has 2 saturated heterocycles. The summed E-state index contributed by atoms with van der Waals surface area (Å²) in [5, 5.41) is 5.47. The third-order valence-corrected chi connectivity index (χ3v) is 6.87. The third kappa shape index (κ3) is 5.11. The quantitative estimate of drug-likeness (QED) is 0.361. The van der Waals surface area contributed by atoms with Crippen LogP contribution >= 0.6 is 7.60 Å². The second-order valence-corrected chi connectivity index (χ2v) is 10.2. The number of nitrogens with one attached hydrogen (secondary N) is 2. The lowest BCUT2D eigenvalue weighted by Crippen LogP contribution is -2.31. The molecule has 4 N–H and O–H groups in total. The van der Waals surface area contributed by atoms with E-state index in [4.69, 9.17) is 14.2 Å². The van der Waals surface area contributed by atoms with Crippen molar-refractivity contribution in [2.75, 3.05) is 18.0 Å². The maximum Gasteiger partial charge on any atom is 0.328 e. The number of hydrogen-bond donors (Lipinski definition) is 4. The van der Waals surface area contributed by atoms with E-state index in [1.165, 1.54) is 0 Å². The summed E-state index contributed by atoms with van der Waals surface area (Å²) < 4.78 is 32.0. The highest BCUT2D eigenvalue weighted by atomic mass is 31.2. The Hall–Kier alpha value is -2.79. The average molecular weight is 502 g/mol. The van der Waals surface area contributed by atoms with Gasteiger partial charge in [-0.2, -0.15) is 0 Å². The molecule has 2 aliphatic heterocycles. The van der Waals surface area contributed by atoms with Crippen molar-refractivity contribution in [1.82, 2.24) is 14.9 Å². The van der Waals surface area contributed by atoms with E-state index in [9.17, 15) is 19.1 Å². The normalized spacial score (nSPS) is 26.1. The number of fused-ring (bicyclic) bond motifs is 2. The maximum absolute atomic E-state index is 12.0. The number of aromatic nitrogens is 2. The zero-order valence-corrected chi connectivity index (χ0v) is 19.9. The summed E-state index contributed by atoms with van der Waals surface area (Å²) in [5.74, 6) is 0. The van der Waals surface area contributed by atoms with Crippen molar-refractivity contribution in [3.63, 3.8) is 0 Å². The van der Waals surface area contributed by atoms with Crippen LogP contribution in [0.1, 0.15) is 18.7 Å². The minimum Gasteiger partial charge on any atom is -0.348 e. The fourth-order valence-corrected chi connectivity index (χ4v) is 5.36. The largest absolute Gasteiger partial charge is 0.348 e. The minimum atomic E-state index is -4.37. The summed E-state index contributed by atoms with van der Waals surface area (Å²) in [7, 11) is -4.37. The topological polar surface area (TPSA) is 144 Å². The van der Waals surface area contributed by atoms with E-state index in [1.54, 1.807) is 23.0 Å². The molecule has 3 aromatic rings. The molecule has 5 rings (SSSR count). The first-order valence-corrected chi connectivity index (χ1v) is 13.2. The molecule has 0 aliphatic carbocycles. The third-order valence-electron chi connectivity index (χ3n) is 6.03. The van der Waals surface area contributed by atoms with E-state index >= 15 is 0 Å². The van der Waals surface area contributed by atoms with Crippen LogP contribution < -0.4 is 10.6 Å². The van der Waals surface area contributed by atoms with Gasteiger partial charge in [-0.25, -0.2) is 9.78 Å². The molecule has 0 spiro atoms. The summed E-state index contributed by atoms with van der Waals surface area (Å²) in [6, 6.07) is 14.7. The van der Waals surface area contributed by atoms with Gasteiger partial charge in [0.25, 0.3) is 0 Å². The van der Waals surface area contributed by atoms with Crippen LogP contribution in [0, 0.1) is 0 Å². The van der Waals surface area contributed by atoms with Gasteiger partial charge in [0.1, 0.15) is 23.8 Å². The van der Waals surface area contributed by atoms with Crippen LogP contribution in [0.5, 0.6) is 0 Å². The molecule has 2 fully saturated rings. The number of benzene rings is 2. The van der Waals surface area contributed by atoms with Gasteiger partial charge >= 0.3 is 13.6 Å². The monoisotopic (exact) mass is 502 g/mol. The molecule has 11 nitrogen and oxygen atoms in total. The lowest BCUT2D eigenvalue weighted by atomic mass is 10.1. The van der Waals surface area contributed by atoms with Crippen molar-refractivity contribution >= 4 is 30.3 Å². The highest BCUT2D eigenvalue weighted by molar-refractivity contribution is 7.51. The molecule has 12 heteroatoms. The first-order chi connectivity index (χ1) is 16.8. The van der Waals surface area contributed by atoms with Gasteiger partial charge < -0.3 is 39.2 Å². The second-order valence-electron chi connectivity index (χ2n) is 8.54. The molecule has 2 aromatic carbocycles. The molecule has 0 radical (unpaired) electrons. The van der Waals surface area contributed by atoms with Gasteiger partial charge in [0.15, 0.2) is 12.5 Å². The predicted molar refractivity (Wildman–Crippen MR) is 127 cm³/mol. The van der Waals surface area contributed by atoms with E-state index in [-0.39, 0.29) is 6.03 Å². The Morgan fingerprint density at radius 1 is 1.09 bits per heavy atom. The van der Waals surface area contributed by atoms with Gasteiger partial charge in [0, 0.05) is 13.0 Å². The molecule has 1 aromatic heterocycles. The van der Waals surface area contributed by atoms with Gasteiger partial charge in [-0.05, 0) is 24.6 Å². The van der Waals surface area contributed by atoms with E-state index in [1.807, 2.05) is 43.3 Å². The predicted octanol–water partition coefficient (Wildman–Crippen LogP) is 2.61. The van der Waals surface area contributed by atoms with Crippen LogP contribution in [0.2, 0.25) is 0 Å². The van der Waals surface area contributed by atoms with Crippen molar-refractivity contribution in [3.8, 4) is 0 Å². The number of imidazole rings is 1. The van der Waals surface area contributed by atoms with Crippen LogP contribution in [0.4, 0.5) is 10.5 Å². The molecule has 3 unspecified atom stereocenters.